The first-order valence-electron chi connectivity index (χ1n) is 10.4. The Morgan fingerprint density at radius 1 is 1.07 bits per heavy atom. The van der Waals surface area contributed by atoms with Gasteiger partial charge in [0.15, 0.2) is 0 Å². The number of hydrogen-bond donors (Lipinski definition) is 0. The summed E-state index contributed by atoms with van der Waals surface area (Å²) in [6.07, 6.45) is 10.00. The maximum absolute atomic E-state index is 13.2. The van der Waals surface area contributed by atoms with Gasteiger partial charge in [-0.1, -0.05) is 12.8 Å². The quantitative estimate of drug-likeness (QED) is 0.702. The molecule has 0 bridgehead atoms. The van der Waals surface area contributed by atoms with Crippen LogP contribution in [-0.4, -0.2) is 53.5 Å². The Morgan fingerprint density at radius 3 is 2.52 bits per heavy atom. The molecular weight excluding hydrogens is 344 g/mol. The smallest absolute Gasteiger partial charge is 0.242 e. The molecule has 0 radical (unpaired) electrons. The number of carbonyl (C=O) groups excluding carboxylic acids is 2. The molecule has 2 amide bonds. The summed E-state index contributed by atoms with van der Waals surface area (Å²) in [5, 5.41) is 0. The van der Waals surface area contributed by atoms with E-state index in [1.807, 2.05) is 21.9 Å². The second-order valence-corrected chi connectivity index (χ2v) is 8.17. The van der Waals surface area contributed by atoms with Gasteiger partial charge in [0.1, 0.15) is 12.3 Å². The summed E-state index contributed by atoms with van der Waals surface area (Å²) in [5.74, 6) is 1.08. The van der Waals surface area contributed by atoms with E-state index in [0.29, 0.717) is 13.1 Å². The molecule has 4 rings (SSSR count). The fourth-order valence-electron chi connectivity index (χ4n) is 4.31. The highest BCUT2D eigenvalue weighted by Crippen LogP contribution is 2.33. The van der Waals surface area contributed by atoms with Crippen LogP contribution < -0.4 is 0 Å². The van der Waals surface area contributed by atoms with Gasteiger partial charge in [-0.05, 0) is 50.7 Å². The van der Waals surface area contributed by atoms with Gasteiger partial charge in [0.2, 0.25) is 11.8 Å². The minimum atomic E-state index is 0.000136. The van der Waals surface area contributed by atoms with Crippen LogP contribution in [0.1, 0.15) is 57.1 Å². The van der Waals surface area contributed by atoms with Crippen LogP contribution in [0.25, 0.3) is 0 Å². The molecule has 6 nitrogen and oxygen atoms in total. The van der Waals surface area contributed by atoms with Gasteiger partial charge in [-0.3, -0.25) is 9.59 Å². The Bertz CT molecular complexity index is 629. The van der Waals surface area contributed by atoms with Gasteiger partial charge in [0.05, 0.1) is 18.9 Å². The van der Waals surface area contributed by atoms with Crippen molar-refractivity contribution in [3.8, 4) is 0 Å². The lowest BCUT2D eigenvalue weighted by molar-refractivity contribution is -0.144. The van der Waals surface area contributed by atoms with Crippen molar-refractivity contribution in [3.63, 3.8) is 0 Å². The summed E-state index contributed by atoms with van der Waals surface area (Å²) in [5.41, 5.74) is 0. The molecule has 3 fully saturated rings. The van der Waals surface area contributed by atoms with Crippen LogP contribution in [0.5, 0.6) is 0 Å². The molecule has 1 aliphatic heterocycles. The first kappa shape index (κ1) is 18.5. The fraction of sp³-hybridized carbons (Fsp3) is 0.714. The predicted molar refractivity (Wildman–Crippen MR) is 99.8 cm³/mol. The van der Waals surface area contributed by atoms with Crippen molar-refractivity contribution in [1.29, 1.82) is 0 Å². The molecule has 1 aromatic heterocycles. The molecule has 2 heterocycles. The average Bonchev–Trinajstić information content (AvgIpc) is 3.13. The van der Waals surface area contributed by atoms with Crippen LogP contribution >= 0.6 is 0 Å². The summed E-state index contributed by atoms with van der Waals surface area (Å²) in [7, 11) is 0. The Hall–Kier alpha value is -1.82. The number of furan rings is 1. The highest BCUT2D eigenvalue weighted by Gasteiger charge is 2.38. The predicted octanol–water partition coefficient (Wildman–Crippen LogP) is 2.97. The molecular formula is C21H30N2O4. The van der Waals surface area contributed by atoms with E-state index in [0.717, 1.165) is 63.7 Å². The summed E-state index contributed by atoms with van der Waals surface area (Å²) >= 11 is 0. The van der Waals surface area contributed by atoms with Gasteiger partial charge in [0, 0.05) is 25.1 Å². The molecule has 6 heteroatoms. The first-order chi connectivity index (χ1) is 13.2. The van der Waals surface area contributed by atoms with Gasteiger partial charge in [0.25, 0.3) is 0 Å². The van der Waals surface area contributed by atoms with Crippen molar-refractivity contribution in [3.05, 3.63) is 24.2 Å². The lowest BCUT2D eigenvalue weighted by Gasteiger charge is -2.30. The van der Waals surface area contributed by atoms with Gasteiger partial charge in [-0.25, -0.2) is 0 Å². The summed E-state index contributed by atoms with van der Waals surface area (Å²) in [6, 6.07) is 3.98. The molecule has 0 N–H and O–H groups in total. The minimum Gasteiger partial charge on any atom is -0.467 e. The monoisotopic (exact) mass is 374 g/mol. The van der Waals surface area contributed by atoms with E-state index >= 15 is 0 Å². The zero-order valence-corrected chi connectivity index (χ0v) is 16.0. The number of nitrogens with zero attached hydrogens (tertiary/aromatic N) is 2. The van der Waals surface area contributed by atoms with E-state index in [2.05, 4.69) is 0 Å². The molecule has 1 atom stereocenters. The van der Waals surface area contributed by atoms with Crippen molar-refractivity contribution in [2.75, 3.05) is 19.7 Å². The van der Waals surface area contributed by atoms with Gasteiger partial charge in [-0.15, -0.1) is 0 Å². The van der Waals surface area contributed by atoms with Crippen molar-refractivity contribution >= 4 is 11.8 Å². The van der Waals surface area contributed by atoms with E-state index in [1.54, 1.807) is 6.26 Å². The van der Waals surface area contributed by atoms with E-state index < -0.39 is 0 Å². The number of hydrogen-bond acceptors (Lipinski definition) is 4. The van der Waals surface area contributed by atoms with E-state index in [9.17, 15) is 9.59 Å². The number of amides is 2. The highest BCUT2D eigenvalue weighted by atomic mass is 16.5. The van der Waals surface area contributed by atoms with Crippen molar-refractivity contribution in [2.24, 2.45) is 5.92 Å². The van der Waals surface area contributed by atoms with Crippen LogP contribution in [0.2, 0.25) is 0 Å². The second kappa shape index (κ2) is 8.46. The number of carbonyl (C=O) groups is 2. The molecule has 2 saturated carbocycles. The van der Waals surface area contributed by atoms with Gasteiger partial charge >= 0.3 is 0 Å². The molecule has 0 spiro atoms. The lowest BCUT2D eigenvalue weighted by atomic mass is 10.1. The zero-order chi connectivity index (χ0) is 18.6. The largest absolute Gasteiger partial charge is 0.467 e. The van der Waals surface area contributed by atoms with Crippen LogP contribution in [0, 0.1) is 5.92 Å². The summed E-state index contributed by atoms with van der Waals surface area (Å²) < 4.78 is 11.2. The Morgan fingerprint density at radius 2 is 1.89 bits per heavy atom. The van der Waals surface area contributed by atoms with Gasteiger partial charge in [-0.2, -0.15) is 0 Å². The Labute approximate surface area is 160 Å². The molecule has 148 valence electrons. The molecule has 2 aliphatic carbocycles. The highest BCUT2D eigenvalue weighted by molar-refractivity contribution is 5.86. The lowest BCUT2D eigenvalue weighted by Crippen LogP contribution is -2.47. The van der Waals surface area contributed by atoms with E-state index in [-0.39, 0.29) is 36.4 Å². The summed E-state index contributed by atoms with van der Waals surface area (Å²) in [4.78, 5) is 29.8. The molecule has 0 aromatic carbocycles. The van der Waals surface area contributed by atoms with Gasteiger partial charge < -0.3 is 19.0 Å². The van der Waals surface area contributed by atoms with Crippen LogP contribution in [0.3, 0.4) is 0 Å². The van der Waals surface area contributed by atoms with Crippen molar-refractivity contribution < 1.29 is 18.7 Å². The third-order valence-electron chi connectivity index (χ3n) is 6.01. The SMILES string of the molecule is O=C(CN(C(=O)C1CCCC1)C1CC1)N(Cc1ccco1)C[C@@H]1CCCO1. The maximum atomic E-state index is 13.2. The van der Waals surface area contributed by atoms with Crippen LogP contribution in [-0.2, 0) is 20.9 Å². The van der Waals surface area contributed by atoms with Crippen LogP contribution in [0.4, 0.5) is 0 Å². The third-order valence-corrected chi connectivity index (χ3v) is 6.01. The Balaban J connectivity index is 1.42. The summed E-state index contributed by atoms with van der Waals surface area (Å²) in [6.45, 7) is 1.95. The topological polar surface area (TPSA) is 63.0 Å². The molecule has 27 heavy (non-hydrogen) atoms. The number of ether oxygens (including phenoxy) is 1. The molecule has 1 aromatic rings. The zero-order valence-electron chi connectivity index (χ0n) is 16.0. The van der Waals surface area contributed by atoms with E-state index in [1.165, 1.54) is 0 Å². The normalized spacial score (nSPS) is 22.9. The average molecular weight is 374 g/mol. The van der Waals surface area contributed by atoms with Crippen molar-refractivity contribution in [2.45, 2.75) is 70.1 Å². The minimum absolute atomic E-state index is 0.000136. The number of rotatable bonds is 8. The van der Waals surface area contributed by atoms with Crippen LogP contribution in [0.15, 0.2) is 22.8 Å². The standard InChI is InChI=1S/C21H30N2O4/c24-20(15-23(17-9-10-17)21(25)16-5-1-2-6-16)22(13-18-7-3-11-26-18)14-19-8-4-12-27-19/h3,7,11,16-17,19H,1-2,4-6,8-10,12-15H2/t19-/m0/s1. The first-order valence-corrected chi connectivity index (χ1v) is 10.4. The molecule has 3 aliphatic rings. The maximum Gasteiger partial charge on any atom is 0.242 e. The molecule has 1 saturated heterocycles. The van der Waals surface area contributed by atoms with Crippen molar-refractivity contribution in [1.82, 2.24) is 9.80 Å². The van der Waals surface area contributed by atoms with E-state index in [4.69, 9.17) is 9.15 Å². The third kappa shape index (κ3) is 4.72. The fourth-order valence-corrected chi connectivity index (χ4v) is 4.31. The Kier molecular flexibility index (Phi) is 5.81. The second-order valence-electron chi connectivity index (χ2n) is 8.17. The molecule has 0 unspecified atom stereocenters.